The minimum atomic E-state index is 1.21. The first-order valence-electron chi connectivity index (χ1n) is 11.7. The van der Waals surface area contributed by atoms with Gasteiger partial charge in [0.15, 0.2) is 0 Å². The molecule has 160 valence electrons. The molecule has 0 unspecified atom stereocenters. The summed E-state index contributed by atoms with van der Waals surface area (Å²) in [5.41, 5.74) is 0. The van der Waals surface area contributed by atoms with E-state index in [1.165, 1.54) is 124 Å². The van der Waals surface area contributed by atoms with Gasteiger partial charge in [0.1, 0.15) is 0 Å². The van der Waals surface area contributed by atoms with Gasteiger partial charge in [-0.3, -0.25) is 0 Å². The predicted molar refractivity (Wildman–Crippen MR) is 118 cm³/mol. The van der Waals surface area contributed by atoms with Gasteiger partial charge in [0.2, 0.25) is 0 Å². The second-order valence-corrected chi connectivity index (χ2v) is 8.85. The Labute approximate surface area is 169 Å². The summed E-state index contributed by atoms with van der Waals surface area (Å²) in [4.78, 5) is 12.8. The normalized spacial score (nSPS) is 17.6. The fourth-order valence-corrected chi connectivity index (χ4v) is 3.80. The Morgan fingerprint density at radius 1 is 0.556 bits per heavy atom. The Bertz CT molecular complexity index is 325. The molecule has 0 aromatic heterocycles. The molecule has 27 heavy (non-hydrogen) atoms. The van der Waals surface area contributed by atoms with Crippen LogP contribution in [0.4, 0.5) is 0 Å². The highest BCUT2D eigenvalue weighted by atomic mass is 15.3. The van der Waals surface area contributed by atoms with Crippen LogP contribution in [0.15, 0.2) is 0 Å². The molecule has 5 heteroatoms. The van der Waals surface area contributed by atoms with Gasteiger partial charge in [0.25, 0.3) is 0 Å². The molecular weight excluding hydrogens is 334 g/mol. The standard InChI is InChI=1S/C22H47N5/c1-4-25(15-7-5-11-23(2)13-9-17-26-19-20-26)16-8-6-12-24(3)14-10-18-27-21-22-27/h4-22H2,1-3H3. The Morgan fingerprint density at radius 3 is 1.30 bits per heavy atom. The van der Waals surface area contributed by atoms with E-state index in [1.807, 2.05) is 0 Å². The minimum Gasteiger partial charge on any atom is -0.306 e. The van der Waals surface area contributed by atoms with Gasteiger partial charge in [-0.2, -0.15) is 0 Å². The van der Waals surface area contributed by atoms with E-state index in [-0.39, 0.29) is 0 Å². The van der Waals surface area contributed by atoms with E-state index in [9.17, 15) is 0 Å². The van der Waals surface area contributed by atoms with Crippen molar-refractivity contribution >= 4 is 0 Å². The molecule has 0 aromatic carbocycles. The zero-order valence-corrected chi connectivity index (χ0v) is 18.7. The number of rotatable bonds is 19. The van der Waals surface area contributed by atoms with Gasteiger partial charge in [0, 0.05) is 26.2 Å². The third-order valence-corrected chi connectivity index (χ3v) is 6.08. The van der Waals surface area contributed by atoms with E-state index >= 15 is 0 Å². The van der Waals surface area contributed by atoms with E-state index in [0.29, 0.717) is 0 Å². The number of unbranched alkanes of at least 4 members (excludes halogenated alkanes) is 2. The lowest BCUT2D eigenvalue weighted by molar-refractivity contribution is 0.250. The van der Waals surface area contributed by atoms with Crippen molar-refractivity contribution in [2.75, 3.05) is 99.2 Å². The van der Waals surface area contributed by atoms with Crippen molar-refractivity contribution in [3.63, 3.8) is 0 Å². The molecule has 0 radical (unpaired) electrons. The summed E-state index contributed by atoms with van der Waals surface area (Å²) in [6.45, 7) is 19.1. The van der Waals surface area contributed by atoms with Gasteiger partial charge in [-0.15, -0.1) is 0 Å². The van der Waals surface area contributed by atoms with Gasteiger partial charge in [0.05, 0.1) is 0 Å². The highest BCUT2D eigenvalue weighted by Crippen LogP contribution is 2.06. The lowest BCUT2D eigenvalue weighted by Crippen LogP contribution is -2.28. The van der Waals surface area contributed by atoms with Crippen LogP contribution in [0.2, 0.25) is 0 Å². The average Bonchev–Trinajstić information content (AvgIpc) is 3.55. The molecule has 0 amide bonds. The van der Waals surface area contributed by atoms with Crippen molar-refractivity contribution in [2.45, 2.75) is 45.4 Å². The average molecular weight is 382 g/mol. The van der Waals surface area contributed by atoms with Crippen molar-refractivity contribution in [1.29, 1.82) is 0 Å². The third-order valence-electron chi connectivity index (χ3n) is 6.08. The summed E-state index contributed by atoms with van der Waals surface area (Å²) in [5, 5.41) is 0. The Morgan fingerprint density at radius 2 is 0.926 bits per heavy atom. The van der Waals surface area contributed by atoms with E-state index in [2.05, 4.69) is 45.5 Å². The minimum absolute atomic E-state index is 1.21. The van der Waals surface area contributed by atoms with Crippen molar-refractivity contribution in [2.24, 2.45) is 0 Å². The maximum absolute atomic E-state index is 2.65. The molecule has 5 nitrogen and oxygen atoms in total. The molecule has 2 heterocycles. The highest BCUT2D eigenvalue weighted by molar-refractivity contribution is 4.73. The molecular formula is C22H47N5. The van der Waals surface area contributed by atoms with Crippen LogP contribution < -0.4 is 0 Å². The van der Waals surface area contributed by atoms with Crippen molar-refractivity contribution in [3.05, 3.63) is 0 Å². The molecule has 2 rings (SSSR count). The van der Waals surface area contributed by atoms with Crippen LogP contribution in [0.3, 0.4) is 0 Å². The van der Waals surface area contributed by atoms with Crippen LogP contribution in [-0.4, -0.2) is 124 Å². The maximum Gasteiger partial charge on any atom is 0.0110 e. The van der Waals surface area contributed by atoms with Crippen LogP contribution in [0.1, 0.15) is 45.4 Å². The number of nitrogens with zero attached hydrogens (tertiary/aromatic N) is 5. The monoisotopic (exact) mass is 381 g/mol. The van der Waals surface area contributed by atoms with Crippen LogP contribution in [0.5, 0.6) is 0 Å². The molecule has 0 aliphatic carbocycles. The molecule has 2 aliphatic rings. The second-order valence-electron chi connectivity index (χ2n) is 8.85. The molecule has 0 spiro atoms. The quantitative estimate of drug-likeness (QED) is 0.251. The fourth-order valence-electron chi connectivity index (χ4n) is 3.80. The number of hydrogen-bond acceptors (Lipinski definition) is 5. The summed E-state index contributed by atoms with van der Waals surface area (Å²) in [5.74, 6) is 0. The van der Waals surface area contributed by atoms with Crippen LogP contribution in [-0.2, 0) is 0 Å². The van der Waals surface area contributed by atoms with E-state index < -0.39 is 0 Å². The summed E-state index contributed by atoms with van der Waals surface area (Å²) in [6.07, 6.45) is 8.06. The van der Waals surface area contributed by atoms with Gasteiger partial charge in [-0.05, 0) is 112 Å². The van der Waals surface area contributed by atoms with Crippen molar-refractivity contribution in [3.8, 4) is 0 Å². The van der Waals surface area contributed by atoms with E-state index in [0.717, 1.165) is 0 Å². The smallest absolute Gasteiger partial charge is 0.0110 e. The Kier molecular flexibility index (Phi) is 11.9. The lowest BCUT2D eigenvalue weighted by atomic mass is 10.2. The predicted octanol–water partition coefficient (Wildman–Crippen LogP) is 2.14. The maximum atomic E-state index is 2.65. The van der Waals surface area contributed by atoms with E-state index in [1.54, 1.807) is 0 Å². The summed E-state index contributed by atoms with van der Waals surface area (Å²) >= 11 is 0. The van der Waals surface area contributed by atoms with Crippen LogP contribution in [0, 0.1) is 0 Å². The van der Waals surface area contributed by atoms with Crippen LogP contribution in [0.25, 0.3) is 0 Å². The lowest BCUT2D eigenvalue weighted by Gasteiger charge is -2.22. The molecule has 2 aliphatic heterocycles. The van der Waals surface area contributed by atoms with Gasteiger partial charge < -0.3 is 24.5 Å². The SMILES string of the molecule is CCN(CCCCN(C)CCCN1CC1)CCCCN(C)CCCN1CC1. The zero-order chi connectivity index (χ0) is 19.3. The van der Waals surface area contributed by atoms with Crippen molar-refractivity contribution < 1.29 is 0 Å². The van der Waals surface area contributed by atoms with Gasteiger partial charge in [-0.1, -0.05) is 6.92 Å². The molecule has 0 atom stereocenters. The molecule has 0 saturated carbocycles. The first-order chi connectivity index (χ1) is 13.2. The largest absolute Gasteiger partial charge is 0.306 e. The third kappa shape index (κ3) is 12.8. The first-order valence-corrected chi connectivity index (χ1v) is 11.7. The first kappa shape index (κ1) is 23.1. The van der Waals surface area contributed by atoms with Gasteiger partial charge in [-0.25, -0.2) is 0 Å². The second kappa shape index (κ2) is 13.9. The Balaban J connectivity index is 1.36. The molecule has 0 aromatic rings. The Hall–Kier alpha value is -0.200. The summed E-state index contributed by atoms with van der Waals surface area (Å²) in [7, 11) is 4.58. The van der Waals surface area contributed by atoms with Gasteiger partial charge >= 0.3 is 0 Å². The fraction of sp³-hybridized carbons (Fsp3) is 1.00. The highest BCUT2D eigenvalue weighted by Gasteiger charge is 2.16. The zero-order valence-electron chi connectivity index (χ0n) is 18.7. The van der Waals surface area contributed by atoms with Crippen molar-refractivity contribution in [1.82, 2.24) is 24.5 Å². The molecule has 2 fully saturated rings. The topological polar surface area (TPSA) is 15.7 Å². The number of hydrogen-bond donors (Lipinski definition) is 0. The molecule has 2 saturated heterocycles. The van der Waals surface area contributed by atoms with Crippen LogP contribution >= 0.6 is 0 Å². The summed E-state index contributed by atoms with van der Waals surface area (Å²) < 4.78 is 0. The molecule has 0 bridgehead atoms. The molecule has 0 N–H and O–H groups in total. The van der Waals surface area contributed by atoms with E-state index in [4.69, 9.17) is 0 Å². The summed E-state index contributed by atoms with van der Waals surface area (Å²) in [6, 6.07) is 0.